The van der Waals surface area contributed by atoms with Crippen LogP contribution in [0.15, 0.2) is 0 Å². The number of hydrogen-bond donors (Lipinski definition) is 1. The lowest BCUT2D eigenvalue weighted by atomic mass is 10.6. The molecule has 0 aliphatic heterocycles. The van der Waals surface area contributed by atoms with Crippen LogP contribution in [-0.4, -0.2) is 21.3 Å². The lowest BCUT2D eigenvalue weighted by Crippen LogP contribution is -2.12. The van der Waals surface area contributed by atoms with E-state index in [2.05, 4.69) is 36.5 Å². The normalized spacial score (nSPS) is 10.5. The van der Waals surface area contributed by atoms with E-state index in [0.29, 0.717) is 0 Å². The second-order valence-electron chi connectivity index (χ2n) is 2.31. The van der Waals surface area contributed by atoms with E-state index in [1.807, 2.05) is 18.5 Å². The van der Waals surface area contributed by atoms with Crippen molar-refractivity contribution in [2.24, 2.45) is 0 Å². The fourth-order valence-corrected chi connectivity index (χ4v) is 1.16. The zero-order valence-electron chi connectivity index (χ0n) is 6.63. The predicted molar refractivity (Wildman–Crippen MR) is 51.5 cm³/mol. The van der Waals surface area contributed by atoms with Gasteiger partial charge in [-0.2, -0.15) is 5.10 Å². The Hall–Kier alpha value is -0.170. The van der Waals surface area contributed by atoms with Gasteiger partial charge in [0.1, 0.15) is 11.6 Å². The van der Waals surface area contributed by atoms with Gasteiger partial charge in [0.25, 0.3) is 0 Å². The third-order valence-corrected chi connectivity index (χ3v) is 1.92. The number of hydrogen-bond acceptors (Lipinski definition) is 3. The van der Waals surface area contributed by atoms with Crippen LogP contribution in [0.5, 0.6) is 0 Å². The van der Waals surface area contributed by atoms with E-state index >= 15 is 0 Å². The molecule has 5 heteroatoms. The monoisotopic (exact) mass is 266 g/mol. The predicted octanol–water partition coefficient (Wildman–Crippen LogP) is 0.835. The largest absolute Gasteiger partial charge is 0.259 e. The smallest absolute Gasteiger partial charge is 0.147 e. The third-order valence-electron chi connectivity index (χ3n) is 1.38. The summed E-state index contributed by atoms with van der Waals surface area (Å²) in [4.78, 5) is 4.19. The van der Waals surface area contributed by atoms with Crippen molar-refractivity contribution in [3.8, 4) is 0 Å². The molecule has 1 rings (SSSR count). The quantitative estimate of drug-likeness (QED) is 0.651. The summed E-state index contributed by atoms with van der Waals surface area (Å²) in [5.41, 5.74) is 0. The summed E-state index contributed by atoms with van der Waals surface area (Å²) >= 11 is 2.12. The van der Waals surface area contributed by atoms with Gasteiger partial charge in [-0.3, -0.25) is 3.53 Å². The van der Waals surface area contributed by atoms with E-state index in [1.165, 1.54) is 0 Å². The molecule has 0 aromatic carbocycles. The average Bonchev–Trinajstić information content (AvgIpc) is 2.26. The Labute approximate surface area is 79.9 Å². The molecule has 0 saturated heterocycles. The highest BCUT2D eigenvalue weighted by Crippen LogP contribution is 1.94. The van der Waals surface area contributed by atoms with E-state index in [4.69, 9.17) is 0 Å². The van der Waals surface area contributed by atoms with Crippen LogP contribution in [0.3, 0.4) is 0 Å². The number of nitrogens with zero attached hydrogens (tertiary/aromatic N) is 3. The molecule has 11 heavy (non-hydrogen) atoms. The van der Waals surface area contributed by atoms with Gasteiger partial charge in [-0.05, 0) is 13.8 Å². The Morgan fingerprint density at radius 3 is 2.73 bits per heavy atom. The number of aromatic nitrogens is 3. The second kappa shape index (κ2) is 4.01. The number of aryl methyl sites for hydroxylation is 2. The Kier molecular flexibility index (Phi) is 3.25. The van der Waals surface area contributed by atoms with Gasteiger partial charge in [0.05, 0.1) is 6.54 Å². The fourth-order valence-electron chi connectivity index (χ4n) is 0.921. The molecular formula is C6H11IN4. The van der Waals surface area contributed by atoms with Crippen molar-refractivity contribution in [1.82, 2.24) is 18.3 Å². The maximum absolute atomic E-state index is 4.21. The van der Waals surface area contributed by atoms with Crippen LogP contribution in [0.25, 0.3) is 0 Å². The standard InChI is InChI=1S/C6H11IN4/c1-5-9-6(2)11(10-5)4-3-8-7/h8H,3-4H2,1-2H3. The number of halogens is 1. The second-order valence-corrected chi connectivity index (χ2v) is 3.08. The Bertz CT molecular complexity index is 232. The van der Waals surface area contributed by atoms with E-state index in [-0.39, 0.29) is 0 Å². The number of rotatable bonds is 3. The van der Waals surface area contributed by atoms with Gasteiger partial charge in [-0.1, -0.05) is 0 Å². The van der Waals surface area contributed by atoms with Gasteiger partial charge in [0.15, 0.2) is 0 Å². The molecule has 1 heterocycles. The van der Waals surface area contributed by atoms with Crippen molar-refractivity contribution in [3.05, 3.63) is 11.6 Å². The summed E-state index contributed by atoms with van der Waals surface area (Å²) in [7, 11) is 0. The molecule has 0 saturated carbocycles. The maximum atomic E-state index is 4.21. The molecule has 0 bridgehead atoms. The van der Waals surface area contributed by atoms with Gasteiger partial charge >= 0.3 is 0 Å². The van der Waals surface area contributed by atoms with Crippen molar-refractivity contribution in [2.45, 2.75) is 20.4 Å². The molecule has 0 fully saturated rings. The minimum atomic E-state index is 0.843. The molecule has 0 amide bonds. The van der Waals surface area contributed by atoms with Crippen LogP contribution < -0.4 is 3.53 Å². The zero-order valence-corrected chi connectivity index (χ0v) is 8.79. The van der Waals surface area contributed by atoms with Crippen molar-refractivity contribution in [1.29, 1.82) is 0 Å². The first-order valence-electron chi connectivity index (χ1n) is 3.45. The van der Waals surface area contributed by atoms with E-state index < -0.39 is 0 Å². The van der Waals surface area contributed by atoms with Crippen LogP contribution in [0.2, 0.25) is 0 Å². The van der Waals surface area contributed by atoms with Crippen molar-refractivity contribution in [3.63, 3.8) is 0 Å². The van der Waals surface area contributed by atoms with Crippen LogP contribution in [-0.2, 0) is 6.54 Å². The lowest BCUT2D eigenvalue weighted by molar-refractivity contribution is 0.594. The van der Waals surface area contributed by atoms with Gasteiger partial charge in [-0.25, -0.2) is 9.67 Å². The highest BCUT2D eigenvalue weighted by atomic mass is 127. The summed E-state index contributed by atoms with van der Waals surface area (Å²) < 4.78 is 4.94. The fraction of sp³-hybridized carbons (Fsp3) is 0.667. The zero-order chi connectivity index (χ0) is 8.27. The first kappa shape index (κ1) is 8.92. The van der Waals surface area contributed by atoms with Crippen LogP contribution in [0.4, 0.5) is 0 Å². The molecule has 62 valence electrons. The van der Waals surface area contributed by atoms with E-state index in [1.54, 1.807) is 0 Å². The van der Waals surface area contributed by atoms with Crippen molar-refractivity contribution in [2.75, 3.05) is 6.54 Å². The minimum Gasteiger partial charge on any atom is -0.259 e. The summed E-state index contributed by atoms with van der Waals surface area (Å²) in [6, 6.07) is 0. The van der Waals surface area contributed by atoms with Gasteiger partial charge in [-0.15, -0.1) is 0 Å². The number of nitrogens with one attached hydrogen (secondary N) is 1. The van der Waals surface area contributed by atoms with Crippen molar-refractivity contribution < 1.29 is 0 Å². The Balaban J connectivity index is 2.62. The molecule has 4 nitrogen and oxygen atoms in total. The maximum Gasteiger partial charge on any atom is 0.147 e. The molecule has 0 spiro atoms. The highest BCUT2D eigenvalue weighted by molar-refractivity contribution is 14.1. The third kappa shape index (κ3) is 2.41. The lowest BCUT2D eigenvalue weighted by Gasteiger charge is -1.99. The highest BCUT2D eigenvalue weighted by Gasteiger charge is 1.99. The molecule has 0 unspecified atom stereocenters. The molecule has 0 aliphatic carbocycles. The first-order chi connectivity index (χ1) is 5.24. The summed E-state index contributed by atoms with van der Waals surface area (Å²) in [6.07, 6.45) is 0. The summed E-state index contributed by atoms with van der Waals surface area (Å²) in [5.74, 6) is 1.82. The topological polar surface area (TPSA) is 42.7 Å². The van der Waals surface area contributed by atoms with Crippen molar-refractivity contribution >= 4 is 22.9 Å². The Morgan fingerprint density at radius 1 is 1.55 bits per heavy atom. The molecule has 1 N–H and O–H groups in total. The summed E-state index contributed by atoms with van der Waals surface area (Å²) in [5, 5.41) is 4.21. The van der Waals surface area contributed by atoms with Crippen LogP contribution >= 0.6 is 22.9 Å². The first-order valence-corrected chi connectivity index (χ1v) is 4.53. The van der Waals surface area contributed by atoms with Gasteiger partial charge in [0.2, 0.25) is 0 Å². The molecular weight excluding hydrogens is 255 g/mol. The SMILES string of the molecule is Cc1nc(C)n(CCNI)n1. The van der Waals surface area contributed by atoms with Gasteiger partial charge in [0, 0.05) is 29.4 Å². The van der Waals surface area contributed by atoms with Gasteiger partial charge < -0.3 is 0 Å². The molecule has 1 aromatic rings. The van der Waals surface area contributed by atoms with Crippen LogP contribution in [0, 0.1) is 13.8 Å². The molecule has 0 radical (unpaired) electrons. The molecule has 0 atom stereocenters. The molecule has 0 aliphatic rings. The van der Waals surface area contributed by atoms with Crippen LogP contribution in [0.1, 0.15) is 11.6 Å². The summed E-state index contributed by atoms with van der Waals surface area (Å²) in [6.45, 7) is 5.67. The van der Waals surface area contributed by atoms with E-state index in [0.717, 1.165) is 24.7 Å². The van der Waals surface area contributed by atoms with E-state index in [9.17, 15) is 0 Å². The Morgan fingerprint density at radius 2 is 2.27 bits per heavy atom. The minimum absolute atomic E-state index is 0.843. The molecule has 1 aromatic heterocycles. The average molecular weight is 266 g/mol.